The van der Waals surface area contributed by atoms with Crippen LogP contribution in [-0.2, 0) is 16.0 Å². The van der Waals surface area contributed by atoms with Crippen molar-refractivity contribution in [1.29, 1.82) is 0 Å². The summed E-state index contributed by atoms with van der Waals surface area (Å²) in [4.78, 5) is 23.6. The fraction of sp³-hybridized carbons (Fsp3) is 0.538. The lowest BCUT2D eigenvalue weighted by Crippen LogP contribution is -2.46. The molecule has 6 heteroatoms. The molecule has 4 nitrogen and oxygen atoms in total. The Hall–Kier alpha value is -0.880. The van der Waals surface area contributed by atoms with Gasteiger partial charge in [-0.05, 0) is 53.7 Å². The summed E-state index contributed by atoms with van der Waals surface area (Å²) in [5.41, 5.74) is 0. The number of thiophene rings is 1. The van der Waals surface area contributed by atoms with Crippen LogP contribution in [0.2, 0.25) is 0 Å². The number of aryl methyl sites for hydroxylation is 1. The molecule has 2 rings (SSSR count). The van der Waals surface area contributed by atoms with Gasteiger partial charge in [0.15, 0.2) is 0 Å². The number of carbonyl (C=O) groups excluding carboxylic acids is 1. The number of nitrogens with one attached hydrogen (secondary N) is 1. The number of halogens is 1. The molecule has 0 atom stereocenters. The number of rotatable bonds is 6. The molecule has 2 N–H and O–H groups in total. The van der Waals surface area contributed by atoms with Gasteiger partial charge in [-0.15, -0.1) is 11.3 Å². The summed E-state index contributed by atoms with van der Waals surface area (Å²) in [7, 11) is 0. The second-order valence-electron chi connectivity index (χ2n) is 4.83. The highest BCUT2D eigenvalue weighted by Crippen LogP contribution is 2.27. The molecule has 0 unspecified atom stereocenters. The van der Waals surface area contributed by atoms with Gasteiger partial charge in [-0.3, -0.25) is 9.59 Å². The Balaban J connectivity index is 1.59. The van der Waals surface area contributed by atoms with Gasteiger partial charge in [-0.1, -0.05) is 0 Å². The zero-order valence-corrected chi connectivity index (χ0v) is 12.8. The van der Waals surface area contributed by atoms with E-state index in [1.54, 1.807) is 11.3 Å². The second kappa shape index (κ2) is 6.52. The van der Waals surface area contributed by atoms with E-state index in [1.807, 2.05) is 6.07 Å². The summed E-state index contributed by atoms with van der Waals surface area (Å²) in [5.74, 6) is -0.994. The monoisotopic (exact) mass is 345 g/mol. The molecule has 1 saturated carbocycles. The first-order valence-electron chi connectivity index (χ1n) is 6.31. The lowest BCUT2D eigenvalue weighted by atomic mass is 9.80. The van der Waals surface area contributed by atoms with E-state index in [0.717, 1.165) is 16.6 Å². The molecular weight excluding hydrogens is 330 g/mol. The summed E-state index contributed by atoms with van der Waals surface area (Å²) >= 11 is 5.10. The number of amides is 1. The van der Waals surface area contributed by atoms with Crippen molar-refractivity contribution in [2.45, 2.75) is 38.1 Å². The highest BCUT2D eigenvalue weighted by molar-refractivity contribution is 9.11. The summed E-state index contributed by atoms with van der Waals surface area (Å²) < 4.78 is 1.11. The summed E-state index contributed by atoms with van der Waals surface area (Å²) in [6.07, 6.45) is 3.38. The molecule has 1 amide bonds. The number of aliphatic carboxylic acids is 1. The minimum Gasteiger partial charge on any atom is -0.481 e. The minimum absolute atomic E-state index is 0.0319. The van der Waals surface area contributed by atoms with Crippen LogP contribution in [0.1, 0.15) is 30.6 Å². The molecule has 1 heterocycles. The van der Waals surface area contributed by atoms with Crippen LogP contribution in [0.5, 0.6) is 0 Å². The largest absolute Gasteiger partial charge is 0.481 e. The SMILES string of the molecule is O=C(CCCc1ccc(Br)s1)NC1CC(C(=O)O)C1. The standard InChI is InChI=1S/C13H16BrNO3S/c14-11-5-4-10(19-11)2-1-3-12(16)15-9-6-8(7-9)13(17)18/h4-5,8-9H,1-3,6-7H2,(H,15,16)(H,17,18). The zero-order chi connectivity index (χ0) is 13.8. The average molecular weight is 346 g/mol. The predicted octanol–water partition coefficient (Wildman–Crippen LogP) is 2.81. The van der Waals surface area contributed by atoms with Gasteiger partial charge in [0.1, 0.15) is 0 Å². The van der Waals surface area contributed by atoms with Crippen molar-refractivity contribution < 1.29 is 14.7 Å². The molecule has 0 aliphatic heterocycles. The van der Waals surface area contributed by atoms with Gasteiger partial charge in [-0.25, -0.2) is 0 Å². The minimum atomic E-state index is -0.756. The van der Waals surface area contributed by atoms with E-state index in [0.29, 0.717) is 19.3 Å². The number of hydrogen-bond donors (Lipinski definition) is 2. The molecule has 0 bridgehead atoms. The van der Waals surface area contributed by atoms with Gasteiger partial charge >= 0.3 is 5.97 Å². The summed E-state index contributed by atoms with van der Waals surface area (Å²) in [6, 6.07) is 4.14. The Labute approximate surface area is 124 Å². The first-order chi connectivity index (χ1) is 9.04. The van der Waals surface area contributed by atoms with Crippen LogP contribution in [0.25, 0.3) is 0 Å². The normalized spacial score (nSPS) is 21.7. The van der Waals surface area contributed by atoms with Crippen molar-refractivity contribution in [3.63, 3.8) is 0 Å². The molecule has 104 valence electrons. The van der Waals surface area contributed by atoms with E-state index >= 15 is 0 Å². The number of hydrogen-bond acceptors (Lipinski definition) is 3. The Kier molecular flexibility index (Phi) is 4.99. The van der Waals surface area contributed by atoms with Gasteiger partial charge in [0.05, 0.1) is 9.70 Å². The van der Waals surface area contributed by atoms with Crippen LogP contribution < -0.4 is 5.32 Å². The van der Waals surface area contributed by atoms with Gasteiger partial charge in [-0.2, -0.15) is 0 Å². The third-order valence-electron chi connectivity index (χ3n) is 3.31. The molecule has 1 aromatic rings. The van der Waals surface area contributed by atoms with Crippen LogP contribution in [-0.4, -0.2) is 23.0 Å². The van der Waals surface area contributed by atoms with Crippen molar-refractivity contribution in [2.24, 2.45) is 5.92 Å². The molecule has 1 aliphatic rings. The third-order valence-corrected chi connectivity index (χ3v) is 4.99. The van der Waals surface area contributed by atoms with E-state index in [-0.39, 0.29) is 17.9 Å². The van der Waals surface area contributed by atoms with Gasteiger partial charge in [0.2, 0.25) is 5.91 Å². The van der Waals surface area contributed by atoms with Crippen LogP contribution in [0.4, 0.5) is 0 Å². The summed E-state index contributed by atoms with van der Waals surface area (Å²) in [6.45, 7) is 0. The second-order valence-corrected chi connectivity index (χ2v) is 7.38. The van der Waals surface area contributed by atoms with E-state index in [1.165, 1.54) is 4.88 Å². The molecule has 0 spiro atoms. The molecule has 19 heavy (non-hydrogen) atoms. The molecule has 0 radical (unpaired) electrons. The van der Waals surface area contributed by atoms with Crippen molar-refractivity contribution >= 4 is 39.1 Å². The first kappa shape index (κ1) is 14.5. The Morgan fingerprint density at radius 3 is 2.74 bits per heavy atom. The topological polar surface area (TPSA) is 66.4 Å². The molecule has 1 aliphatic carbocycles. The average Bonchev–Trinajstić information content (AvgIpc) is 2.68. The van der Waals surface area contributed by atoms with Crippen LogP contribution in [0.3, 0.4) is 0 Å². The fourth-order valence-corrected chi connectivity index (χ4v) is 3.67. The van der Waals surface area contributed by atoms with Gasteiger partial charge in [0.25, 0.3) is 0 Å². The van der Waals surface area contributed by atoms with Crippen molar-refractivity contribution in [2.75, 3.05) is 0 Å². The molecule has 0 saturated heterocycles. The fourth-order valence-electron chi connectivity index (χ4n) is 2.15. The van der Waals surface area contributed by atoms with Crippen LogP contribution in [0, 0.1) is 5.92 Å². The van der Waals surface area contributed by atoms with Crippen LogP contribution >= 0.6 is 27.3 Å². The predicted molar refractivity (Wildman–Crippen MR) is 77.2 cm³/mol. The summed E-state index contributed by atoms with van der Waals surface area (Å²) in [5, 5.41) is 11.6. The van der Waals surface area contributed by atoms with Crippen molar-refractivity contribution in [1.82, 2.24) is 5.32 Å². The first-order valence-corrected chi connectivity index (χ1v) is 7.92. The number of carbonyl (C=O) groups is 2. The lowest BCUT2D eigenvalue weighted by molar-refractivity contribution is -0.146. The Morgan fingerprint density at radius 2 is 2.16 bits per heavy atom. The zero-order valence-electron chi connectivity index (χ0n) is 10.4. The maximum Gasteiger partial charge on any atom is 0.306 e. The van der Waals surface area contributed by atoms with Crippen LogP contribution in [0.15, 0.2) is 15.9 Å². The lowest BCUT2D eigenvalue weighted by Gasteiger charge is -2.32. The molecule has 1 aromatic heterocycles. The third kappa shape index (κ3) is 4.31. The van der Waals surface area contributed by atoms with Gasteiger partial charge in [0, 0.05) is 17.3 Å². The smallest absolute Gasteiger partial charge is 0.306 e. The Bertz CT molecular complexity index is 468. The molecule has 1 fully saturated rings. The molecule has 0 aromatic carbocycles. The number of carboxylic acids is 1. The number of carboxylic acid groups (broad SMARTS) is 1. The quantitative estimate of drug-likeness (QED) is 0.832. The highest BCUT2D eigenvalue weighted by atomic mass is 79.9. The van der Waals surface area contributed by atoms with Crippen molar-refractivity contribution in [3.05, 3.63) is 20.8 Å². The van der Waals surface area contributed by atoms with Crippen molar-refractivity contribution in [3.8, 4) is 0 Å². The Morgan fingerprint density at radius 1 is 1.42 bits per heavy atom. The highest BCUT2D eigenvalue weighted by Gasteiger charge is 2.34. The van der Waals surface area contributed by atoms with E-state index in [9.17, 15) is 9.59 Å². The maximum atomic E-state index is 11.7. The van der Waals surface area contributed by atoms with Gasteiger partial charge < -0.3 is 10.4 Å². The van der Waals surface area contributed by atoms with E-state index < -0.39 is 5.97 Å². The van der Waals surface area contributed by atoms with E-state index in [2.05, 4.69) is 27.3 Å². The maximum absolute atomic E-state index is 11.7. The molecular formula is C13H16BrNO3S. The van der Waals surface area contributed by atoms with E-state index in [4.69, 9.17) is 5.11 Å².